The Morgan fingerprint density at radius 3 is 2.05 bits per heavy atom. The average molecular weight is 299 g/mol. The third-order valence-corrected chi connectivity index (χ3v) is 4.54. The number of para-hydroxylation sites is 1. The molecule has 0 aromatic heterocycles. The first kappa shape index (κ1) is 16.2. The molecule has 1 fully saturated rings. The maximum Gasteiger partial charge on any atom is 0.418 e. The van der Waals surface area contributed by atoms with Gasteiger partial charge in [-0.3, -0.25) is 0 Å². The zero-order valence-corrected chi connectivity index (χ0v) is 12.9. The van der Waals surface area contributed by atoms with E-state index in [0.717, 1.165) is 31.7 Å². The molecule has 1 aliphatic rings. The van der Waals surface area contributed by atoms with Gasteiger partial charge in [0, 0.05) is 11.7 Å². The Hall–Kier alpha value is -1.19. The summed E-state index contributed by atoms with van der Waals surface area (Å²) in [5.41, 5.74) is -0.0679. The molecule has 21 heavy (non-hydrogen) atoms. The highest BCUT2D eigenvalue weighted by atomic mass is 19.4. The Morgan fingerprint density at radius 2 is 1.52 bits per heavy atom. The van der Waals surface area contributed by atoms with Crippen LogP contribution in [0.15, 0.2) is 24.3 Å². The van der Waals surface area contributed by atoms with E-state index in [4.69, 9.17) is 0 Å². The predicted octanol–water partition coefficient (Wildman–Crippen LogP) is 5.72. The molecule has 4 heteroatoms. The molecule has 0 heterocycles. The van der Waals surface area contributed by atoms with Crippen molar-refractivity contribution >= 4 is 5.69 Å². The van der Waals surface area contributed by atoms with Crippen LogP contribution in [0.1, 0.15) is 52.0 Å². The first-order valence-corrected chi connectivity index (χ1v) is 7.60. The number of rotatable bonds is 2. The Balaban J connectivity index is 2.02. The molecule has 1 N–H and O–H groups in total. The molecule has 0 radical (unpaired) electrons. The van der Waals surface area contributed by atoms with Gasteiger partial charge in [0.05, 0.1) is 5.56 Å². The van der Waals surface area contributed by atoms with Gasteiger partial charge in [-0.1, -0.05) is 32.9 Å². The van der Waals surface area contributed by atoms with E-state index in [1.165, 1.54) is 12.1 Å². The SMILES string of the molecule is CC(C)(C)C1CCC(Nc2ccccc2C(F)(F)F)CC1. The van der Waals surface area contributed by atoms with E-state index in [1.807, 2.05) is 0 Å². The van der Waals surface area contributed by atoms with Gasteiger partial charge in [0.25, 0.3) is 0 Å². The van der Waals surface area contributed by atoms with Crippen molar-refractivity contribution in [1.29, 1.82) is 0 Å². The summed E-state index contributed by atoms with van der Waals surface area (Å²) in [6.45, 7) is 6.72. The molecule has 1 nitrogen and oxygen atoms in total. The number of benzene rings is 1. The summed E-state index contributed by atoms with van der Waals surface area (Å²) in [4.78, 5) is 0. The molecule has 2 rings (SSSR count). The van der Waals surface area contributed by atoms with Crippen LogP contribution < -0.4 is 5.32 Å². The second-order valence-electron chi connectivity index (χ2n) is 7.10. The molecule has 0 amide bonds. The highest BCUT2D eigenvalue weighted by Crippen LogP contribution is 2.40. The Labute approximate surface area is 124 Å². The van der Waals surface area contributed by atoms with E-state index in [-0.39, 0.29) is 17.1 Å². The maximum absolute atomic E-state index is 13.0. The summed E-state index contributed by atoms with van der Waals surface area (Å²) in [5.74, 6) is 0.661. The van der Waals surface area contributed by atoms with Crippen LogP contribution in [-0.4, -0.2) is 6.04 Å². The monoisotopic (exact) mass is 299 g/mol. The van der Waals surface area contributed by atoms with Crippen molar-refractivity contribution < 1.29 is 13.2 Å². The van der Waals surface area contributed by atoms with Crippen LogP contribution in [-0.2, 0) is 6.18 Å². The molecular formula is C17H24F3N. The molecule has 0 bridgehead atoms. The van der Waals surface area contributed by atoms with Crippen molar-refractivity contribution in [3.63, 3.8) is 0 Å². The van der Waals surface area contributed by atoms with Gasteiger partial charge in [-0.2, -0.15) is 13.2 Å². The van der Waals surface area contributed by atoms with Gasteiger partial charge in [-0.15, -0.1) is 0 Å². The Kier molecular flexibility index (Phi) is 4.54. The molecule has 0 aliphatic heterocycles. The van der Waals surface area contributed by atoms with Gasteiger partial charge in [-0.05, 0) is 49.1 Å². The van der Waals surface area contributed by atoms with Crippen LogP contribution >= 0.6 is 0 Å². The lowest BCUT2D eigenvalue weighted by atomic mass is 9.71. The fraction of sp³-hybridized carbons (Fsp3) is 0.647. The Morgan fingerprint density at radius 1 is 0.952 bits per heavy atom. The zero-order chi connectivity index (χ0) is 15.7. The number of hydrogen-bond acceptors (Lipinski definition) is 1. The fourth-order valence-corrected chi connectivity index (χ4v) is 3.18. The topological polar surface area (TPSA) is 12.0 Å². The number of alkyl halides is 3. The predicted molar refractivity (Wildman–Crippen MR) is 80.3 cm³/mol. The summed E-state index contributed by atoms with van der Waals surface area (Å²) in [6, 6.07) is 5.90. The second kappa shape index (κ2) is 5.90. The summed E-state index contributed by atoms with van der Waals surface area (Å²) in [6.07, 6.45) is -0.265. The van der Waals surface area contributed by atoms with E-state index in [1.54, 1.807) is 6.07 Å². The largest absolute Gasteiger partial charge is 0.418 e. The van der Waals surface area contributed by atoms with Gasteiger partial charge >= 0.3 is 6.18 Å². The highest BCUT2D eigenvalue weighted by Gasteiger charge is 2.34. The molecule has 1 aromatic carbocycles. The number of nitrogens with one attached hydrogen (secondary N) is 1. The van der Waals surface area contributed by atoms with Crippen LogP contribution in [0.25, 0.3) is 0 Å². The minimum Gasteiger partial charge on any atom is -0.382 e. The minimum absolute atomic E-state index is 0.145. The van der Waals surface area contributed by atoms with Gasteiger partial charge in [-0.25, -0.2) is 0 Å². The molecule has 1 aliphatic carbocycles. The van der Waals surface area contributed by atoms with E-state index < -0.39 is 11.7 Å². The summed E-state index contributed by atoms with van der Waals surface area (Å²) >= 11 is 0. The molecule has 1 aromatic rings. The van der Waals surface area contributed by atoms with E-state index >= 15 is 0 Å². The smallest absolute Gasteiger partial charge is 0.382 e. The molecule has 0 unspecified atom stereocenters. The van der Waals surface area contributed by atoms with Gasteiger partial charge in [0.1, 0.15) is 0 Å². The van der Waals surface area contributed by atoms with Crippen molar-refractivity contribution in [2.45, 2.75) is 58.7 Å². The first-order valence-electron chi connectivity index (χ1n) is 7.60. The van der Waals surface area contributed by atoms with Gasteiger partial charge in [0.2, 0.25) is 0 Å². The second-order valence-corrected chi connectivity index (χ2v) is 7.10. The number of anilines is 1. The maximum atomic E-state index is 13.0. The molecule has 1 saturated carbocycles. The number of halogens is 3. The summed E-state index contributed by atoms with van der Waals surface area (Å²) < 4.78 is 38.9. The lowest BCUT2D eigenvalue weighted by Gasteiger charge is -2.37. The quantitative estimate of drug-likeness (QED) is 0.736. The lowest BCUT2D eigenvalue weighted by molar-refractivity contribution is -0.137. The third-order valence-electron chi connectivity index (χ3n) is 4.54. The van der Waals surface area contributed by atoms with E-state index in [0.29, 0.717) is 5.92 Å². The normalized spacial score (nSPS) is 23.9. The number of hydrogen-bond donors (Lipinski definition) is 1. The third kappa shape index (κ3) is 4.14. The summed E-state index contributed by atoms with van der Waals surface area (Å²) in [5, 5.41) is 3.11. The zero-order valence-electron chi connectivity index (χ0n) is 12.9. The van der Waals surface area contributed by atoms with Crippen molar-refractivity contribution in [2.24, 2.45) is 11.3 Å². The van der Waals surface area contributed by atoms with Crippen LogP contribution in [0, 0.1) is 11.3 Å². The average Bonchev–Trinajstić information content (AvgIpc) is 2.37. The molecule has 0 saturated heterocycles. The molecule has 0 spiro atoms. The van der Waals surface area contributed by atoms with Crippen LogP contribution in [0.5, 0.6) is 0 Å². The summed E-state index contributed by atoms with van der Waals surface area (Å²) in [7, 11) is 0. The van der Waals surface area contributed by atoms with Gasteiger partial charge in [0.15, 0.2) is 0 Å². The van der Waals surface area contributed by atoms with Crippen molar-refractivity contribution in [3.8, 4) is 0 Å². The first-order chi connectivity index (χ1) is 9.68. The van der Waals surface area contributed by atoms with E-state index in [9.17, 15) is 13.2 Å². The van der Waals surface area contributed by atoms with Crippen molar-refractivity contribution in [1.82, 2.24) is 0 Å². The molecule has 0 atom stereocenters. The fourth-order valence-electron chi connectivity index (χ4n) is 3.18. The lowest BCUT2D eigenvalue weighted by Crippen LogP contribution is -2.32. The van der Waals surface area contributed by atoms with E-state index in [2.05, 4.69) is 26.1 Å². The van der Waals surface area contributed by atoms with Crippen LogP contribution in [0.3, 0.4) is 0 Å². The van der Waals surface area contributed by atoms with Crippen LogP contribution in [0.2, 0.25) is 0 Å². The van der Waals surface area contributed by atoms with Crippen molar-refractivity contribution in [3.05, 3.63) is 29.8 Å². The molecular weight excluding hydrogens is 275 g/mol. The van der Waals surface area contributed by atoms with Crippen LogP contribution in [0.4, 0.5) is 18.9 Å². The molecule has 118 valence electrons. The van der Waals surface area contributed by atoms with Crippen molar-refractivity contribution in [2.75, 3.05) is 5.32 Å². The van der Waals surface area contributed by atoms with Gasteiger partial charge < -0.3 is 5.32 Å². The highest BCUT2D eigenvalue weighted by molar-refractivity contribution is 5.53. The minimum atomic E-state index is -4.30. The Bertz CT molecular complexity index is 466. The standard InChI is InChI=1S/C17H24F3N/c1-16(2,3)12-8-10-13(11-9-12)21-15-7-5-4-6-14(15)17(18,19)20/h4-7,12-13,21H,8-11H2,1-3H3.